The number of hydrogen-bond donors (Lipinski definition) is 1. The second kappa shape index (κ2) is 4.76. The highest BCUT2D eigenvalue weighted by molar-refractivity contribution is 7.28. The standard InChI is InChI=1S/C3H8OSi3/c1-2-3-7(4)6-5/h4H,2-3H2,1H3. The van der Waals surface area contributed by atoms with Gasteiger partial charge in [0.15, 0.2) is 8.56 Å². The van der Waals surface area contributed by atoms with Gasteiger partial charge >= 0.3 is 0 Å². The molecular weight excluding hydrogens is 136 g/mol. The van der Waals surface area contributed by atoms with Crippen molar-refractivity contribution < 1.29 is 4.80 Å². The summed E-state index contributed by atoms with van der Waals surface area (Å²) < 4.78 is 0. The maximum Gasteiger partial charge on any atom is 0.182 e. The molecule has 0 aromatic rings. The molecule has 0 saturated heterocycles. The Kier molecular flexibility index (Phi) is 5.18. The molecule has 38 valence electrons. The zero-order chi connectivity index (χ0) is 5.70. The van der Waals surface area contributed by atoms with E-state index in [1.807, 2.05) is 0 Å². The van der Waals surface area contributed by atoms with E-state index in [9.17, 15) is 0 Å². The number of hydrogen-bond acceptors (Lipinski definition) is 1. The second-order valence-electron chi connectivity index (χ2n) is 1.32. The Morgan fingerprint density at radius 2 is 2.43 bits per heavy atom. The molecule has 0 aromatic heterocycles. The number of rotatable bonds is 3. The molecule has 0 saturated carbocycles. The van der Waals surface area contributed by atoms with Crippen molar-refractivity contribution in [2.75, 3.05) is 0 Å². The highest BCUT2D eigenvalue weighted by Gasteiger charge is 2.00. The van der Waals surface area contributed by atoms with Crippen LogP contribution in [0.2, 0.25) is 6.04 Å². The van der Waals surface area contributed by atoms with Crippen LogP contribution < -0.4 is 0 Å². The molecule has 0 amide bonds. The van der Waals surface area contributed by atoms with E-state index in [4.69, 9.17) is 4.80 Å². The second-order valence-corrected chi connectivity index (χ2v) is 7.70. The van der Waals surface area contributed by atoms with E-state index in [1.165, 1.54) is 0 Å². The molecule has 0 bridgehead atoms. The Morgan fingerprint density at radius 1 is 1.86 bits per heavy atom. The lowest BCUT2D eigenvalue weighted by Crippen LogP contribution is -2.21. The molecule has 0 aliphatic rings. The molecule has 0 aliphatic carbocycles. The quantitative estimate of drug-likeness (QED) is 0.538. The van der Waals surface area contributed by atoms with E-state index >= 15 is 0 Å². The molecule has 0 spiro atoms. The molecule has 0 heterocycles. The van der Waals surface area contributed by atoms with Gasteiger partial charge in [0.2, 0.25) is 0 Å². The van der Waals surface area contributed by atoms with Crippen LogP contribution in [0, 0.1) is 0 Å². The van der Waals surface area contributed by atoms with Gasteiger partial charge in [-0.15, -0.1) is 0 Å². The Morgan fingerprint density at radius 3 is 2.57 bits per heavy atom. The van der Waals surface area contributed by atoms with Crippen molar-refractivity contribution in [3.8, 4) is 0 Å². The summed E-state index contributed by atoms with van der Waals surface area (Å²) in [5.41, 5.74) is 0. The molecule has 4 heteroatoms. The fraction of sp³-hybridized carbons (Fsp3) is 1.00. The Balaban J connectivity index is 2.83. The predicted molar refractivity (Wildman–Crippen MR) is 34.6 cm³/mol. The van der Waals surface area contributed by atoms with Gasteiger partial charge in [-0.1, -0.05) is 13.3 Å². The molecule has 0 rings (SSSR count). The van der Waals surface area contributed by atoms with E-state index in [-0.39, 0.29) is 0 Å². The van der Waals surface area contributed by atoms with Crippen molar-refractivity contribution in [3.05, 3.63) is 0 Å². The Hall–Kier alpha value is 0.611. The van der Waals surface area contributed by atoms with Crippen molar-refractivity contribution in [2.45, 2.75) is 19.4 Å². The molecular formula is C3H8OSi3. The summed E-state index contributed by atoms with van der Waals surface area (Å²) in [6.07, 6.45) is 1.11. The van der Waals surface area contributed by atoms with Crippen LogP contribution >= 0.6 is 0 Å². The monoisotopic (exact) mass is 144 g/mol. The van der Waals surface area contributed by atoms with Gasteiger partial charge in [-0.05, 0) is 6.04 Å². The molecule has 0 fully saturated rings. The maximum absolute atomic E-state index is 8.92. The Labute approximate surface area is 51.7 Å². The van der Waals surface area contributed by atoms with E-state index < -0.39 is 8.56 Å². The largest absolute Gasteiger partial charge is 0.435 e. The van der Waals surface area contributed by atoms with Crippen LogP contribution in [-0.2, 0) is 0 Å². The van der Waals surface area contributed by atoms with E-state index in [0.29, 0.717) is 8.55 Å². The summed E-state index contributed by atoms with van der Waals surface area (Å²) in [6, 6.07) is 1.02. The molecule has 1 N–H and O–H groups in total. The van der Waals surface area contributed by atoms with Gasteiger partial charge in [-0.25, -0.2) is 0 Å². The summed E-state index contributed by atoms with van der Waals surface area (Å²) in [7, 11) is 2.94. The van der Waals surface area contributed by atoms with E-state index in [1.54, 1.807) is 0 Å². The van der Waals surface area contributed by atoms with Crippen LogP contribution in [-0.4, -0.2) is 31.7 Å². The molecule has 7 heavy (non-hydrogen) atoms. The van der Waals surface area contributed by atoms with Crippen LogP contribution in [0.1, 0.15) is 13.3 Å². The van der Waals surface area contributed by atoms with E-state index in [0.717, 1.165) is 12.5 Å². The molecule has 0 aromatic carbocycles. The average molecular weight is 144 g/mol. The first-order valence-electron chi connectivity index (χ1n) is 2.28. The van der Waals surface area contributed by atoms with Gasteiger partial charge in [0.1, 0.15) is 0 Å². The highest BCUT2D eigenvalue weighted by atomic mass is 29.5. The summed E-state index contributed by atoms with van der Waals surface area (Å²) in [4.78, 5) is 8.92. The van der Waals surface area contributed by atoms with Gasteiger partial charge in [-0.2, -0.15) is 0 Å². The maximum atomic E-state index is 8.92. The van der Waals surface area contributed by atoms with Crippen molar-refractivity contribution in [2.24, 2.45) is 0 Å². The predicted octanol–water partition coefficient (Wildman–Crippen LogP) is -0.335. The van der Waals surface area contributed by atoms with Crippen LogP contribution in [0.15, 0.2) is 0 Å². The van der Waals surface area contributed by atoms with Crippen LogP contribution in [0.4, 0.5) is 0 Å². The average Bonchev–Trinajstić information content (AvgIpc) is 1.68. The lowest BCUT2D eigenvalue weighted by atomic mass is 10.6. The first-order chi connectivity index (χ1) is 3.31. The van der Waals surface area contributed by atoms with Crippen molar-refractivity contribution in [1.82, 2.24) is 0 Å². The zero-order valence-corrected chi connectivity index (χ0v) is 7.36. The fourth-order valence-electron chi connectivity index (χ4n) is 0.299. The third-order valence-electron chi connectivity index (χ3n) is 0.631. The Bertz CT molecular complexity index is 41.2. The van der Waals surface area contributed by atoms with Crippen LogP contribution in [0.3, 0.4) is 0 Å². The van der Waals surface area contributed by atoms with Crippen LogP contribution in [0.5, 0.6) is 0 Å². The fourth-order valence-corrected chi connectivity index (χ4v) is 3.15. The SMILES string of the molecule is CCC[Si](O)[Si][Si]. The lowest BCUT2D eigenvalue weighted by molar-refractivity contribution is 0.588. The molecule has 0 atom stereocenters. The van der Waals surface area contributed by atoms with Gasteiger partial charge in [-0.3, -0.25) is 0 Å². The minimum atomic E-state index is -0.939. The van der Waals surface area contributed by atoms with E-state index in [2.05, 4.69) is 16.7 Å². The van der Waals surface area contributed by atoms with Gasteiger partial charge in [0.05, 0.1) is 0 Å². The summed E-state index contributed by atoms with van der Waals surface area (Å²) >= 11 is 0. The smallest absolute Gasteiger partial charge is 0.182 e. The zero-order valence-electron chi connectivity index (χ0n) is 4.36. The lowest BCUT2D eigenvalue weighted by Gasteiger charge is -1.97. The highest BCUT2D eigenvalue weighted by Crippen LogP contribution is 1.88. The normalized spacial score (nSPS) is 10.3. The van der Waals surface area contributed by atoms with Crippen molar-refractivity contribution >= 4 is 26.9 Å². The molecule has 0 aliphatic heterocycles. The first kappa shape index (κ1) is 7.61. The summed E-state index contributed by atoms with van der Waals surface area (Å²) in [5, 5.41) is 0. The van der Waals surface area contributed by atoms with Crippen molar-refractivity contribution in [3.63, 3.8) is 0 Å². The third kappa shape index (κ3) is 4.46. The minimum Gasteiger partial charge on any atom is -0.435 e. The third-order valence-corrected chi connectivity index (χ3v) is 6.11. The topological polar surface area (TPSA) is 20.2 Å². The molecule has 0 unspecified atom stereocenters. The molecule has 1 nitrogen and oxygen atoms in total. The van der Waals surface area contributed by atoms with Gasteiger partial charge in [0, 0.05) is 18.3 Å². The summed E-state index contributed by atoms with van der Waals surface area (Å²) in [6.45, 7) is 2.09. The van der Waals surface area contributed by atoms with Crippen molar-refractivity contribution in [1.29, 1.82) is 0 Å². The first-order valence-corrected chi connectivity index (χ1v) is 7.44. The van der Waals surface area contributed by atoms with Crippen LogP contribution in [0.25, 0.3) is 0 Å². The van der Waals surface area contributed by atoms with Gasteiger partial charge in [0.25, 0.3) is 0 Å². The summed E-state index contributed by atoms with van der Waals surface area (Å²) in [5.74, 6) is 0. The molecule has 6 radical (unpaired) electrons. The minimum absolute atomic E-state index is 0.601. The van der Waals surface area contributed by atoms with Gasteiger partial charge < -0.3 is 4.80 Å².